The molecule has 1 aliphatic heterocycles. The Bertz CT molecular complexity index is 2630. The van der Waals surface area contributed by atoms with Crippen molar-refractivity contribution in [2.24, 2.45) is 0 Å². The van der Waals surface area contributed by atoms with Gasteiger partial charge in [-0.05, 0) is 107 Å². The number of alkyl halides is 12. The van der Waals surface area contributed by atoms with E-state index in [0.717, 1.165) is 4.90 Å². The van der Waals surface area contributed by atoms with Crippen LogP contribution in [0.5, 0.6) is 0 Å². The van der Waals surface area contributed by atoms with Gasteiger partial charge in [0.05, 0.1) is 55.8 Å². The van der Waals surface area contributed by atoms with E-state index in [0.29, 0.717) is 24.3 Å². The zero-order chi connectivity index (χ0) is 41.7. The predicted octanol–water partition coefficient (Wildman–Crippen LogP) is 13.0. The first kappa shape index (κ1) is 38.3. The van der Waals surface area contributed by atoms with E-state index in [-0.39, 0.29) is 67.6 Å². The molecular weight excluding hydrogens is 792 g/mol. The number of amides is 2. The lowest BCUT2D eigenvalue weighted by atomic mass is 9.96. The number of fused-ring (bicyclic) bond motifs is 4. The molecular formula is C42H20F12N2O2. The average Bonchev–Trinajstić information content (AvgIpc) is 3.62. The van der Waals surface area contributed by atoms with E-state index in [4.69, 9.17) is 0 Å². The summed E-state index contributed by atoms with van der Waals surface area (Å²) in [6.07, 6.45) is -20.7. The van der Waals surface area contributed by atoms with Crippen LogP contribution in [0.2, 0.25) is 0 Å². The fourth-order valence-corrected chi connectivity index (χ4v) is 7.15. The Labute approximate surface area is 318 Å². The first-order chi connectivity index (χ1) is 27.1. The molecule has 0 atom stereocenters. The highest BCUT2D eigenvalue weighted by atomic mass is 19.4. The Morgan fingerprint density at radius 1 is 0.397 bits per heavy atom. The molecule has 1 aliphatic rings. The number of aromatic nitrogens is 1. The molecule has 1 aromatic heterocycles. The molecule has 58 heavy (non-hydrogen) atoms. The SMILES string of the molecule is O=C1c2cccc(-n3c4ccc(-c5cc(C(F)(F)F)cc(C(F)(F)F)c5)cc4c4cc(-c5cc(C(F)(F)F)cc(C(F)(F)F)c5)ccc43)c2C(=O)N1c1ccccc1. The maximum atomic E-state index is 14.0. The van der Waals surface area contributed by atoms with Gasteiger partial charge in [0, 0.05) is 10.8 Å². The molecule has 2 amide bonds. The molecule has 2 heterocycles. The summed E-state index contributed by atoms with van der Waals surface area (Å²) in [4.78, 5) is 28.6. The van der Waals surface area contributed by atoms with Crippen LogP contribution >= 0.6 is 0 Å². The molecule has 0 spiro atoms. The van der Waals surface area contributed by atoms with Crippen molar-refractivity contribution in [3.05, 3.63) is 155 Å². The Kier molecular flexibility index (Phi) is 8.57. The zero-order valence-corrected chi connectivity index (χ0v) is 28.8. The number of rotatable bonds is 4. The number of benzene rings is 6. The molecule has 0 fully saturated rings. The van der Waals surface area contributed by atoms with E-state index in [1.54, 1.807) is 18.2 Å². The molecule has 0 unspecified atom stereocenters. The van der Waals surface area contributed by atoms with Gasteiger partial charge in [-0.25, -0.2) is 4.90 Å². The summed E-state index contributed by atoms with van der Waals surface area (Å²) in [5.74, 6) is -1.41. The lowest BCUT2D eigenvalue weighted by Crippen LogP contribution is -2.29. The average molecular weight is 813 g/mol. The molecule has 0 saturated heterocycles. The second-order valence-electron chi connectivity index (χ2n) is 13.4. The molecule has 4 nitrogen and oxygen atoms in total. The minimum atomic E-state index is -5.18. The van der Waals surface area contributed by atoms with Crippen molar-refractivity contribution in [1.29, 1.82) is 0 Å². The highest BCUT2D eigenvalue weighted by Crippen LogP contribution is 2.44. The van der Waals surface area contributed by atoms with Gasteiger partial charge in [0.2, 0.25) is 0 Å². The fourth-order valence-electron chi connectivity index (χ4n) is 7.15. The van der Waals surface area contributed by atoms with E-state index >= 15 is 0 Å². The highest BCUT2D eigenvalue weighted by Gasteiger charge is 2.41. The number of carbonyl (C=O) groups is 2. The van der Waals surface area contributed by atoms with Crippen LogP contribution in [0.4, 0.5) is 58.4 Å². The normalized spacial score (nSPS) is 13.9. The van der Waals surface area contributed by atoms with Gasteiger partial charge in [-0.3, -0.25) is 9.59 Å². The number of halogens is 12. The van der Waals surface area contributed by atoms with Crippen LogP contribution in [0.3, 0.4) is 0 Å². The first-order valence-corrected chi connectivity index (χ1v) is 16.9. The lowest BCUT2D eigenvalue weighted by molar-refractivity contribution is -0.144. The Hall–Kier alpha value is -6.58. The number of hydrogen-bond donors (Lipinski definition) is 0. The molecule has 8 rings (SSSR count). The molecule has 16 heteroatoms. The molecule has 6 aromatic carbocycles. The van der Waals surface area contributed by atoms with Crippen molar-refractivity contribution in [2.45, 2.75) is 24.7 Å². The van der Waals surface area contributed by atoms with Crippen LogP contribution in [0.1, 0.15) is 43.0 Å². The molecule has 7 aromatic rings. The van der Waals surface area contributed by atoms with Crippen LogP contribution in [0.15, 0.2) is 121 Å². The summed E-state index contributed by atoms with van der Waals surface area (Å²) in [5, 5.41) is 0.162. The van der Waals surface area contributed by atoms with Gasteiger partial charge in [0.15, 0.2) is 0 Å². The summed E-state index contributed by atoms with van der Waals surface area (Å²) in [6, 6.07) is 21.8. The van der Waals surface area contributed by atoms with E-state index in [2.05, 4.69) is 0 Å². The number of imide groups is 1. The maximum absolute atomic E-state index is 14.0. The minimum absolute atomic E-state index is 0.0121. The molecule has 0 aliphatic carbocycles. The largest absolute Gasteiger partial charge is 0.416 e. The number of anilines is 1. The van der Waals surface area contributed by atoms with Crippen molar-refractivity contribution in [1.82, 2.24) is 4.57 Å². The van der Waals surface area contributed by atoms with Crippen molar-refractivity contribution in [2.75, 3.05) is 4.90 Å². The Morgan fingerprint density at radius 3 is 1.24 bits per heavy atom. The number of para-hydroxylation sites is 1. The Morgan fingerprint density at radius 2 is 0.828 bits per heavy atom. The van der Waals surface area contributed by atoms with Gasteiger partial charge in [-0.15, -0.1) is 0 Å². The predicted molar refractivity (Wildman–Crippen MR) is 189 cm³/mol. The number of carbonyl (C=O) groups excluding carboxylic acids is 2. The van der Waals surface area contributed by atoms with Crippen molar-refractivity contribution in [3.63, 3.8) is 0 Å². The quantitative estimate of drug-likeness (QED) is 0.131. The first-order valence-electron chi connectivity index (χ1n) is 16.9. The van der Waals surface area contributed by atoms with Gasteiger partial charge in [-0.1, -0.05) is 36.4 Å². The van der Waals surface area contributed by atoms with Gasteiger partial charge in [0.25, 0.3) is 11.8 Å². The zero-order valence-electron chi connectivity index (χ0n) is 28.8. The highest BCUT2D eigenvalue weighted by molar-refractivity contribution is 6.35. The third-order valence-electron chi connectivity index (χ3n) is 9.76. The number of nitrogens with zero attached hydrogens (tertiary/aromatic N) is 2. The van der Waals surface area contributed by atoms with Crippen LogP contribution in [0, 0.1) is 0 Å². The summed E-state index contributed by atoms with van der Waals surface area (Å²) >= 11 is 0. The third-order valence-corrected chi connectivity index (χ3v) is 9.76. The molecule has 0 radical (unpaired) electrons. The second kappa shape index (κ2) is 13.0. The van der Waals surface area contributed by atoms with Crippen LogP contribution in [0.25, 0.3) is 49.7 Å². The standard InChI is InChI=1S/C42H20F12N2O2/c43-39(44,45)25-13-23(14-26(19-25)40(46,47)48)21-9-11-33-31(17-21)32-18-22(24-15-27(41(49,50)51)20-28(16-24)42(52,53)54)10-12-34(32)56(33)35-8-4-7-30-36(35)38(58)55(37(30)57)29-5-2-1-3-6-29/h1-20H. The van der Waals surface area contributed by atoms with Gasteiger partial charge >= 0.3 is 24.7 Å². The smallest absolute Gasteiger partial charge is 0.308 e. The second-order valence-corrected chi connectivity index (χ2v) is 13.4. The molecule has 294 valence electrons. The molecule has 0 bridgehead atoms. The van der Waals surface area contributed by atoms with E-state index in [9.17, 15) is 62.3 Å². The van der Waals surface area contributed by atoms with Crippen LogP contribution in [-0.4, -0.2) is 16.4 Å². The molecule has 0 N–H and O–H groups in total. The van der Waals surface area contributed by atoms with Crippen LogP contribution in [-0.2, 0) is 24.7 Å². The minimum Gasteiger partial charge on any atom is -0.308 e. The Balaban J connectivity index is 1.41. The van der Waals surface area contributed by atoms with Gasteiger partial charge in [0.1, 0.15) is 0 Å². The summed E-state index contributed by atoms with van der Waals surface area (Å²) in [7, 11) is 0. The summed E-state index contributed by atoms with van der Waals surface area (Å²) in [6.45, 7) is 0. The molecule has 0 saturated carbocycles. The number of hydrogen-bond acceptors (Lipinski definition) is 2. The lowest BCUT2D eigenvalue weighted by Gasteiger charge is -2.15. The van der Waals surface area contributed by atoms with E-state index in [1.165, 1.54) is 71.3 Å². The summed E-state index contributed by atoms with van der Waals surface area (Å²) in [5.41, 5.74) is -7.13. The van der Waals surface area contributed by atoms with Crippen molar-refractivity contribution in [3.8, 4) is 27.9 Å². The fraction of sp³-hybridized carbons (Fsp3) is 0.0952. The summed E-state index contributed by atoms with van der Waals surface area (Å²) < 4.78 is 168. The van der Waals surface area contributed by atoms with Gasteiger partial charge < -0.3 is 4.57 Å². The van der Waals surface area contributed by atoms with E-state index < -0.39 is 69.9 Å². The van der Waals surface area contributed by atoms with E-state index in [1.807, 2.05) is 0 Å². The monoisotopic (exact) mass is 812 g/mol. The maximum Gasteiger partial charge on any atom is 0.416 e. The van der Waals surface area contributed by atoms with Crippen molar-refractivity contribution < 1.29 is 62.3 Å². The topological polar surface area (TPSA) is 42.3 Å². The third kappa shape index (κ3) is 6.51. The van der Waals surface area contributed by atoms with Gasteiger partial charge in [-0.2, -0.15) is 52.7 Å². The van der Waals surface area contributed by atoms with Crippen molar-refractivity contribution >= 4 is 39.3 Å². The van der Waals surface area contributed by atoms with Crippen LogP contribution < -0.4 is 4.90 Å².